The van der Waals surface area contributed by atoms with Crippen molar-refractivity contribution in [2.45, 2.75) is 45.4 Å². The molecule has 0 radical (unpaired) electrons. The standard InChI is InChI=1S/C23H27BrO4/c1-2-3-4-5-8-15-27-22(25)20-12-6-7-13-21(20)23(26)28-16-14-18-10-9-11-19(24)17-18/h6-7,9-13,17H,2-5,8,14-16H2,1H3. The highest BCUT2D eigenvalue weighted by Crippen LogP contribution is 2.15. The molecule has 0 spiro atoms. The van der Waals surface area contributed by atoms with Crippen LogP contribution < -0.4 is 0 Å². The van der Waals surface area contributed by atoms with Gasteiger partial charge in [-0.25, -0.2) is 9.59 Å². The van der Waals surface area contributed by atoms with Gasteiger partial charge in [-0.3, -0.25) is 0 Å². The summed E-state index contributed by atoms with van der Waals surface area (Å²) in [5, 5.41) is 0. The molecule has 5 heteroatoms. The molecule has 0 heterocycles. The number of unbranched alkanes of at least 4 members (excludes halogenated alkanes) is 4. The molecular formula is C23H27BrO4. The molecule has 0 aliphatic rings. The first kappa shape index (κ1) is 22.2. The average Bonchev–Trinajstić information content (AvgIpc) is 2.70. The van der Waals surface area contributed by atoms with Crippen LogP contribution in [-0.4, -0.2) is 25.2 Å². The Bertz CT molecular complexity index is 773. The van der Waals surface area contributed by atoms with Gasteiger partial charge in [0.1, 0.15) is 0 Å². The van der Waals surface area contributed by atoms with Gasteiger partial charge >= 0.3 is 11.9 Å². The Kier molecular flexibility index (Phi) is 9.77. The van der Waals surface area contributed by atoms with Crippen molar-refractivity contribution in [3.05, 3.63) is 69.7 Å². The Morgan fingerprint density at radius 2 is 1.46 bits per heavy atom. The molecule has 0 aromatic heterocycles. The number of esters is 2. The monoisotopic (exact) mass is 446 g/mol. The molecule has 0 aliphatic carbocycles. The Morgan fingerprint density at radius 1 is 0.821 bits per heavy atom. The number of benzene rings is 2. The fourth-order valence-electron chi connectivity index (χ4n) is 2.82. The molecule has 0 unspecified atom stereocenters. The summed E-state index contributed by atoms with van der Waals surface area (Å²) >= 11 is 3.42. The van der Waals surface area contributed by atoms with E-state index in [0.717, 1.165) is 29.3 Å². The third-order valence-electron chi connectivity index (χ3n) is 4.36. The molecule has 0 bridgehead atoms. The molecule has 0 amide bonds. The zero-order valence-electron chi connectivity index (χ0n) is 16.3. The van der Waals surface area contributed by atoms with E-state index in [-0.39, 0.29) is 17.7 Å². The molecule has 0 fully saturated rings. The van der Waals surface area contributed by atoms with Gasteiger partial charge in [-0.15, -0.1) is 0 Å². The van der Waals surface area contributed by atoms with Crippen LogP contribution in [0.25, 0.3) is 0 Å². The molecule has 2 aromatic rings. The lowest BCUT2D eigenvalue weighted by molar-refractivity contribution is 0.0456. The minimum absolute atomic E-state index is 0.243. The highest BCUT2D eigenvalue weighted by atomic mass is 79.9. The van der Waals surface area contributed by atoms with Crippen LogP contribution >= 0.6 is 15.9 Å². The summed E-state index contributed by atoms with van der Waals surface area (Å²) in [7, 11) is 0. The van der Waals surface area contributed by atoms with Crippen LogP contribution in [0.1, 0.15) is 65.3 Å². The van der Waals surface area contributed by atoms with Crippen LogP contribution in [-0.2, 0) is 15.9 Å². The smallest absolute Gasteiger partial charge is 0.339 e. The van der Waals surface area contributed by atoms with E-state index in [0.29, 0.717) is 13.0 Å². The molecule has 0 atom stereocenters. The molecule has 0 N–H and O–H groups in total. The van der Waals surface area contributed by atoms with Crippen LogP contribution in [0.5, 0.6) is 0 Å². The van der Waals surface area contributed by atoms with Crippen LogP contribution in [0.15, 0.2) is 53.0 Å². The molecule has 0 aliphatic heterocycles. The van der Waals surface area contributed by atoms with Gasteiger partial charge in [-0.05, 0) is 36.2 Å². The highest BCUT2D eigenvalue weighted by Gasteiger charge is 2.18. The van der Waals surface area contributed by atoms with E-state index < -0.39 is 11.9 Å². The van der Waals surface area contributed by atoms with Crippen LogP contribution in [0.2, 0.25) is 0 Å². The zero-order valence-corrected chi connectivity index (χ0v) is 17.9. The van der Waals surface area contributed by atoms with Crippen molar-refractivity contribution in [1.29, 1.82) is 0 Å². The quantitative estimate of drug-likeness (QED) is 0.314. The van der Waals surface area contributed by atoms with Crippen molar-refractivity contribution in [1.82, 2.24) is 0 Å². The van der Waals surface area contributed by atoms with Crippen molar-refractivity contribution in [2.75, 3.05) is 13.2 Å². The number of carbonyl (C=O) groups is 2. The van der Waals surface area contributed by atoms with E-state index in [1.54, 1.807) is 24.3 Å². The molecule has 4 nitrogen and oxygen atoms in total. The van der Waals surface area contributed by atoms with Gasteiger partial charge in [0.2, 0.25) is 0 Å². The Morgan fingerprint density at radius 3 is 2.11 bits per heavy atom. The highest BCUT2D eigenvalue weighted by molar-refractivity contribution is 9.10. The van der Waals surface area contributed by atoms with Gasteiger partial charge < -0.3 is 9.47 Å². The van der Waals surface area contributed by atoms with E-state index in [1.807, 2.05) is 24.3 Å². The van der Waals surface area contributed by atoms with E-state index in [2.05, 4.69) is 22.9 Å². The molecule has 150 valence electrons. The number of rotatable bonds is 11. The number of hydrogen-bond donors (Lipinski definition) is 0. The lowest BCUT2D eigenvalue weighted by Gasteiger charge is -2.10. The maximum absolute atomic E-state index is 12.4. The summed E-state index contributed by atoms with van der Waals surface area (Å²) in [6.07, 6.45) is 6.01. The summed E-state index contributed by atoms with van der Waals surface area (Å²) in [6, 6.07) is 14.5. The Balaban J connectivity index is 1.85. The lowest BCUT2D eigenvalue weighted by atomic mass is 10.1. The zero-order chi connectivity index (χ0) is 20.2. The molecule has 2 aromatic carbocycles. The van der Waals surface area contributed by atoms with Crippen molar-refractivity contribution >= 4 is 27.9 Å². The number of carbonyl (C=O) groups excluding carboxylic acids is 2. The molecule has 2 rings (SSSR count). The maximum Gasteiger partial charge on any atom is 0.339 e. The third-order valence-corrected chi connectivity index (χ3v) is 4.85. The topological polar surface area (TPSA) is 52.6 Å². The van der Waals surface area contributed by atoms with Gasteiger partial charge in [-0.2, -0.15) is 0 Å². The van der Waals surface area contributed by atoms with Crippen molar-refractivity contribution < 1.29 is 19.1 Å². The summed E-state index contributed by atoms with van der Waals surface area (Å²) < 4.78 is 11.7. The van der Waals surface area contributed by atoms with Crippen LogP contribution in [0.3, 0.4) is 0 Å². The molecule has 28 heavy (non-hydrogen) atoms. The second-order valence-electron chi connectivity index (χ2n) is 6.61. The Labute approximate surface area is 175 Å². The first-order valence-corrected chi connectivity index (χ1v) is 10.6. The summed E-state index contributed by atoms with van der Waals surface area (Å²) in [4.78, 5) is 24.8. The minimum Gasteiger partial charge on any atom is -0.462 e. The van der Waals surface area contributed by atoms with E-state index in [4.69, 9.17) is 9.47 Å². The third kappa shape index (κ3) is 7.47. The van der Waals surface area contributed by atoms with Gasteiger partial charge in [0.05, 0.1) is 24.3 Å². The number of ether oxygens (including phenoxy) is 2. The fraction of sp³-hybridized carbons (Fsp3) is 0.391. The van der Waals surface area contributed by atoms with Gasteiger partial charge in [0, 0.05) is 10.9 Å². The normalized spacial score (nSPS) is 10.5. The second-order valence-corrected chi connectivity index (χ2v) is 7.53. The van der Waals surface area contributed by atoms with E-state index in [9.17, 15) is 9.59 Å². The molecule has 0 saturated heterocycles. The lowest BCUT2D eigenvalue weighted by Crippen LogP contribution is -2.15. The summed E-state index contributed by atoms with van der Waals surface area (Å²) in [5.41, 5.74) is 1.56. The van der Waals surface area contributed by atoms with E-state index >= 15 is 0 Å². The average molecular weight is 447 g/mol. The summed E-state index contributed by atoms with van der Waals surface area (Å²) in [6.45, 7) is 2.78. The number of hydrogen-bond acceptors (Lipinski definition) is 4. The van der Waals surface area contributed by atoms with Crippen LogP contribution in [0, 0.1) is 0 Å². The molecular weight excluding hydrogens is 420 g/mol. The largest absolute Gasteiger partial charge is 0.462 e. The van der Waals surface area contributed by atoms with Crippen molar-refractivity contribution in [2.24, 2.45) is 0 Å². The van der Waals surface area contributed by atoms with Crippen molar-refractivity contribution in [3.63, 3.8) is 0 Å². The summed E-state index contributed by atoms with van der Waals surface area (Å²) in [5.74, 6) is -0.986. The first-order chi connectivity index (χ1) is 13.6. The fourth-order valence-corrected chi connectivity index (χ4v) is 3.27. The predicted molar refractivity (Wildman–Crippen MR) is 114 cm³/mol. The van der Waals surface area contributed by atoms with Crippen LogP contribution in [0.4, 0.5) is 0 Å². The van der Waals surface area contributed by atoms with Gasteiger partial charge in [-0.1, -0.05) is 72.8 Å². The number of halogens is 1. The Hall–Kier alpha value is -2.14. The van der Waals surface area contributed by atoms with Gasteiger partial charge in [0.15, 0.2) is 0 Å². The first-order valence-electron chi connectivity index (χ1n) is 9.79. The predicted octanol–water partition coefficient (Wildman–Crippen LogP) is 5.98. The van der Waals surface area contributed by atoms with Crippen molar-refractivity contribution in [3.8, 4) is 0 Å². The second kappa shape index (κ2) is 12.3. The maximum atomic E-state index is 12.4. The molecule has 0 saturated carbocycles. The van der Waals surface area contributed by atoms with Gasteiger partial charge in [0.25, 0.3) is 0 Å². The minimum atomic E-state index is -0.509. The van der Waals surface area contributed by atoms with E-state index in [1.165, 1.54) is 12.8 Å². The SMILES string of the molecule is CCCCCCCOC(=O)c1ccccc1C(=O)OCCc1cccc(Br)c1.